The van der Waals surface area contributed by atoms with Gasteiger partial charge in [-0.05, 0) is 45.3 Å². The van der Waals surface area contributed by atoms with Crippen molar-refractivity contribution in [3.05, 3.63) is 41.0 Å². The Bertz CT molecular complexity index is 848. The molecule has 4 rings (SSSR count). The quantitative estimate of drug-likeness (QED) is 0.753. The number of anilines is 1. The van der Waals surface area contributed by atoms with Crippen LogP contribution in [0.15, 0.2) is 29.6 Å². The summed E-state index contributed by atoms with van der Waals surface area (Å²) in [7, 11) is 0. The van der Waals surface area contributed by atoms with Gasteiger partial charge in [0, 0.05) is 17.0 Å². The van der Waals surface area contributed by atoms with E-state index in [0.717, 1.165) is 47.8 Å². The summed E-state index contributed by atoms with van der Waals surface area (Å²) >= 11 is 1.70. The van der Waals surface area contributed by atoms with Crippen molar-refractivity contribution >= 4 is 27.4 Å². The first-order valence-electron chi connectivity index (χ1n) is 8.51. The molecular weight excluding hydrogens is 316 g/mol. The first kappa shape index (κ1) is 15.5. The minimum Gasteiger partial charge on any atom is -0.367 e. The number of benzene rings is 1. The fourth-order valence-electron chi connectivity index (χ4n) is 3.26. The van der Waals surface area contributed by atoms with E-state index in [2.05, 4.69) is 52.2 Å². The number of nitrogens with zero attached hydrogens (tertiary/aromatic N) is 2. The first-order valence-corrected chi connectivity index (χ1v) is 9.39. The number of aromatic nitrogens is 2. The Kier molecular flexibility index (Phi) is 4.21. The van der Waals surface area contributed by atoms with Gasteiger partial charge in [-0.2, -0.15) is 0 Å². The maximum atomic E-state index is 4.74. The third-order valence-electron chi connectivity index (χ3n) is 4.59. The highest BCUT2D eigenvalue weighted by atomic mass is 32.1. The molecule has 24 heavy (non-hydrogen) atoms. The molecule has 4 nitrogen and oxygen atoms in total. The van der Waals surface area contributed by atoms with E-state index in [4.69, 9.17) is 4.98 Å². The fourth-order valence-corrected chi connectivity index (χ4v) is 4.25. The maximum absolute atomic E-state index is 4.74. The van der Waals surface area contributed by atoms with Gasteiger partial charge in [0.1, 0.15) is 16.5 Å². The van der Waals surface area contributed by atoms with Crippen LogP contribution in [0, 0.1) is 13.8 Å². The zero-order valence-electron chi connectivity index (χ0n) is 14.1. The van der Waals surface area contributed by atoms with Crippen LogP contribution in [-0.2, 0) is 0 Å². The van der Waals surface area contributed by atoms with Crippen molar-refractivity contribution in [2.75, 3.05) is 18.4 Å². The van der Waals surface area contributed by atoms with E-state index in [1.165, 1.54) is 16.7 Å². The van der Waals surface area contributed by atoms with Crippen molar-refractivity contribution in [3.8, 4) is 11.1 Å². The molecule has 0 aliphatic carbocycles. The molecule has 0 spiro atoms. The van der Waals surface area contributed by atoms with Crippen molar-refractivity contribution in [1.82, 2.24) is 15.3 Å². The first-order chi connectivity index (χ1) is 11.7. The number of fused-ring (bicyclic) bond motifs is 1. The van der Waals surface area contributed by atoms with Gasteiger partial charge in [0.15, 0.2) is 0 Å². The molecule has 5 heteroatoms. The van der Waals surface area contributed by atoms with Gasteiger partial charge in [-0.25, -0.2) is 9.97 Å². The molecule has 0 unspecified atom stereocenters. The molecule has 1 aliphatic rings. The number of thiophene rings is 1. The van der Waals surface area contributed by atoms with Crippen LogP contribution in [0.3, 0.4) is 0 Å². The molecule has 3 heterocycles. The zero-order valence-corrected chi connectivity index (χ0v) is 14.9. The molecule has 0 atom stereocenters. The van der Waals surface area contributed by atoms with Crippen molar-refractivity contribution in [1.29, 1.82) is 0 Å². The molecule has 1 saturated heterocycles. The number of aryl methyl sites for hydroxylation is 2. The molecule has 0 saturated carbocycles. The summed E-state index contributed by atoms with van der Waals surface area (Å²) < 4.78 is 0. The molecule has 2 aromatic heterocycles. The predicted octanol–water partition coefficient (Wildman–Crippen LogP) is 4.14. The van der Waals surface area contributed by atoms with Crippen LogP contribution in [0.1, 0.15) is 24.2 Å². The van der Waals surface area contributed by atoms with Gasteiger partial charge in [0.05, 0.1) is 5.39 Å². The summed E-state index contributed by atoms with van der Waals surface area (Å²) in [6.07, 6.45) is 2.27. The normalized spacial score (nSPS) is 15.8. The highest BCUT2D eigenvalue weighted by Crippen LogP contribution is 2.37. The molecule has 0 radical (unpaired) electrons. The predicted molar refractivity (Wildman–Crippen MR) is 102 cm³/mol. The van der Waals surface area contributed by atoms with Crippen molar-refractivity contribution in [2.45, 2.75) is 32.7 Å². The summed E-state index contributed by atoms with van der Waals surface area (Å²) in [4.78, 5) is 10.4. The second-order valence-electron chi connectivity index (χ2n) is 6.48. The van der Waals surface area contributed by atoms with Crippen LogP contribution in [0.25, 0.3) is 21.3 Å². The SMILES string of the molecule is Cc1ccc(-c2csc3nc(C)nc(NC4CCNCC4)c23)cc1. The number of nitrogens with one attached hydrogen (secondary N) is 2. The highest BCUT2D eigenvalue weighted by molar-refractivity contribution is 7.17. The minimum atomic E-state index is 0.481. The van der Waals surface area contributed by atoms with Gasteiger partial charge < -0.3 is 10.6 Å². The van der Waals surface area contributed by atoms with Gasteiger partial charge in [-0.1, -0.05) is 29.8 Å². The van der Waals surface area contributed by atoms with Crippen molar-refractivity contribution in [3.63, 3.8) is 0 Å². The Morgan fingerprint density at radius 1 is 1.08 bits per heavy atom. The van der Waals surface area contributed by atoms with Gasteiger partial charge in [0.2, 0.25) is 0 Å². The highest BCUT2D eigenvalue weighted by Gasteiger charge is 2.18. The van der Waals surface area contributed by atoms with E-state index in [1.54, 1.807) is 11.3 Å². The topological polar surface area (TPSA) is 49.8 Å². The van der Waals surface area contributed by atoms with Crippen LogP contribution in [0.5, 0.6) is 0 Å². The smallest absolute Gasteiger partial charge is 0.139 e. The third-order valence-corrected chi connectivity index (χ3v) is 5.46. The van der Waals surface area contributed by atoms with Crippen LogP contribution in [0.2, 0.25) is 0 Å². The summed E-state index contributed by atoms with van der Waals surface area (Å²) in [5, 5.41) is 10.5. The molecular formula is C19H22N4S. The molecule has 0 bridgehead atoms. The second kappa shape index (κ2) is 6.49. The molecule has 2 N–H and O–H groups in total. The van der Waals surface area contributed by atoms with E-state index in [9.17, 15) is 0 Å². The monoisotopic (exact) mass is 338 g/mol. The van der Waals surface area contributed by atoms with E-state index in [0.29, 0.717) is 6.04 Å². The summed E-state index contributed by atoms with van der Waals surface area (Å²) in [6, 6.07) is 9.17. The molecule has 1 aliphatic heterocycles. The number of hydrogen-bond donors (Lipinski definition) is 2. The number of rotatable bonds is 3. The molecule has 124 valence electrons. The standard InChI is InChI=1S/C19H22N4S/c1-12-3-5-14(6-4-12)16-11-24-19-17(16)18(21-13(2)22-19)23-15-7-9-20-10-8-15/h3-6,11,15,20H,7-10H2,1-2H3,(H,21,22,23). The lowest BCUT2D eigenvalue weighted by Crippen LogP contribution is -2.35. The van der Waals surface area contributed by atoms with Crippen LogP contribution >= 0.6 is 11.3 Å². The van der Waals surface area contributed by atoms with Crippen LogP contribution in [0.4, 0.5) is 5.82 Å². The van der Waals surface area contributed by atoms with Crippen LogP contribution < -0.4 is 10.6 Å². The van der Waals surface area contributed by atoms with E-state index >= 15 is 0 Å². The Morgan fingerprint density at radius 3 is 2.58 bits per heavy atom. The molecule has 3 aromatic rings. The second-order valence-corrected chi connectivity index (χ2v) is 7.34. The lowest BCUT2D eigenvalue weighted by molar-refractivity contribution is 0.478. The Hall–Kier alpha value is -1.98. The van der Waals surface area contributed by atoms with Crippen molar-refractivity contribution < 1.29 is 0 Å². The number of piperidine rings is 1. The summed E-state index contributed by atoms with van der Waals surface area (Å²) in [5.41, 5.74) is 3.73. The third kappa shape index (κ3) is 3.01. The van der Waals surface area contributed by atoms with E-state index < -0.39 is 0 Å². The largest absolute Gasteiger partial charge is 0.367 e. The summed E-state index contributed by atoms with van der Waals surface area (Å²) in [5.74, 6) is 1.82. The molecule has 0 amide bonds. The van der Waals surface area contributed by atoms with Gasteiger partial charge in [0.25, 0.3) is 0 Å². The maximum Gasteiger partial charge on any atom is 0.139 e. The fraction of sp³-hybridized carbons (Fsp3) is 0.368. The summed E-state index contributed by atoms with van der Waals surface area (Å²) in [6.45, 7) is 6.23. The molecule has 1 aromatic carbocycles. The minimum absolute atomic E-state index is 0.481. The van der Waals surface area contributed by atoms with E-state index in [1.807, 2.05) is 6.92 Å². The average molecular weight is 338 g/mol. The molecule has 1 fully saturated rings. The lowest BCUT2D eigenvalue weighted by Gasteiger charge is -2.24. The van der Waals surface area contributed by atoms with Crippen molar-refractivity contribution in [2.24, 2.45) is 0 Å². The van der Waals surface area contributed by atoms with Gasteiger partial charge in [-0.15, -0.1) is 11.3 Å². The lowest BCUT2D eigenvalue weighted by atomic mass is 10.0. The van der Waals surface area contributed by atoms with E-state index in [-0.39, 0.29) is 0 Å². The average Bonchev–Trinajstić information content (AvgIpc) is 3.00. The zero-order chi connectivity index (χ0) is 16.5. The Labute approximate surface area is 146 Å². The Morgan fingerprint density at radius 2 is 1.83 bits per heavy atom. The van der Waals surface area contributed by atoms with Gasteiger partial charge in [-0.3, -0.25) is 0 Å². The van der Waals surface area contributed by atoms with Gasteiger partial charge >= 0.3 is 0 Å². The van der Waals surface area contributed by atoms with Crippen LogP contribution in [-0.4, -0.2) is 29.1 Å². The number of hydrogen-bond acceptors (Lipinski definition) is 5. The Balaban J connectivity index is 1.79.